The zero-order valence-electron chi connectivity index (χ0n) is 42.9. The highest BCUT2D eigenvalue weighted by atomic mass is 31.2. The summed E-state index contributed by atoms with van der Waals surface area (Å²) in [6.45, 7) is 3.57. The van der Waals surface area contributed by atoms with Crippen LogP contribution in [-0.4, -0.2) is 49.3 Å². The van der Waals surface area contributed by atoms with Gasteiger partial charge in [0.15, 0.2) is 6.10 Å². The number of esters is 2. The van der Waals surface area contributed by atoms with Crippen LogP contribution in [0.1, 0.15) is 264 Å². The largest absolute Gasteiger partial charge is 0.472 e. The maximum atomic E-state index is 12.6. The van der Waals surface area contributed by atoms with Crippen molar-refractivity contribution in [1.82, 2.24) is 0 Å². The van der Waals surface area contributed by atoms with E-state index in [0.29, 0.717) is 6.42 Å². The first-order valence-electron chi connectivity index (χ1n) is 27.6. The molecule has 0 aliphatic rings. The topological polar surface area (TPSA) is 134 Å². The molecule has 0 fully saturated rings. The highest BCUT2D eigenvalue weighted by Crippen LogP contribution is 2.43. The van der Waals surface area contributed by atoms with Crippen molar-refractivity contribution in [2.24, 2.45) is 5.73 Å². The molecule has 0 aromatic carbocycles. The van der Waals surface area contributed by atoms with Crippen LogP contribution in [0.15, 0.2) is 48.6 Å². The number of phosphoric ester groups is 1. The van der Waals surface area contributed by atoms with Gasteiger partial charge in [-0.3, -0.25) is 18.6 Å². The molecule has 2 unspecified atom stereocenters. The third-order valence-electron chi connectivity index (χ3n) is 12.0. The van der Waals surface area contributed by atoms with E-state index in [0.717, 1.165) is 44.9 Å². The number of phosphoric acid groups is 1. The predicted molar refractivity (Wildman–Crippen MR) is 280 cm³/mol. The standard InChI is InChI=1S/C56H104NO8P/c1-3-5-7-9-11-13-15-17-18-19-20-21-22-23-24-25-26-27-28-29-30-31-32-33-34-35-37-38-40-42-44-46-48-55(58)62-52-54(53-64-66(60,61)63-51-50-57)65-56(59)49-47-45-43-41-39-36-16-14-12-10-8-6-4-2/h6,8,12,14,36,39,43,45,54H,3-5,7,9-11,13,15-35,37-38,40-42,44,46-53,57H2,1-2H3,(H,60,61)/b8-6-,14-12-,39-36-,45-43-. The third kappa shape index (κ3) is 51.4. The molecule has 3 N–H and O–H groups in total. The second-order valence-electron chi connectivity index (χ2n) is 18.4. The maximum absolute atomic E-state index is 12.6. The number of hydrogen-bond acceptors (Lipinski definition) is 8. The molecule has 0 rings (SSSR count). The smallest absolute Gasteiger partial charge is 0.462 e. The number of carbonyl (C=O) groups is 2. The first-order valence-corrected chi connectivity index (χ1v) is 29.1. The Labute approximate surface area is 407 Å². The first kappa shape index (κ1) is 64.0. The SMILES string of the molecule is CC/C=C\C/C=C\C/C=C\C/C=C\CCC(=O)OC(COC(=O)CCCCCCCCCCCCCCCCCCCCCCCCCCCCCCCCCC)COP(=O)(O)OCCN. The summed E-state index contributed by atoms with van der Waals surface area (Å²) in [6.07, 6.45) is 63.6. The van der Waals surface area contributed by atoms with Gasteiger partial charge in [0.1, 0.15) is 6.61 Å². The predicted octanol–water partition coefficient (Wildman–Crippen LogP) is 17.0. The Morgan fingerprint density at radius 1 is 0.470 bits per heavy atom. The fraction of sp³-hybridized carbons (Fsp3) is 0.821. The van der Waals surface area contributed by atoms with Gasteiger partial charge in [-0.25, -0.2) is 4.57 Å². The van der Waals surface area contributed by atoms with Gasteiger partial charge < -0.3 is 20.1 Å². The van der Waals surface area contributed by atoms with Crippen LogP contribution in [0.4, 0.5) is 0 Å². The van der Waals surface area contributed by atoms with Crippen LogP contribution in [0.2, 0.25) is 0 Å². The van der Waals surface area contributed by atoms with Crippen LogP contribution in [0.5, 0.6) is 0 Å². The molecule has 0 aliphatic heterocycles. The summed E-state index contributed by atoms with van der Waals surface area (Å²) in [5.41, 5.74) is 5.36. The van der Waals surface area contributed by atoms with Gasteiger partial charge >= 0.3 is 19.8 Å². The van der Waals surface area contributed by atoms with Crippen molar-refractivity contribution in [3.05, 3.63) is 48.6 Å². The molecule has 0 spiro atoms. The van der Waals surface area contributed by atoms with Gasteiger partial charge in [0.05, 0.1) is 13.2 Å². The summed E-state index contributed by atoms with van der Waals surface area (Å²) >= 11 is 0. The van der Waals surface area contributed by atoms with Crippen LogP contribution in [0.3, 0.4) is 0 Å². The van der Waals surface area contributed by atoms with Crippen molar-refractivity contribution >= 4 is 19.8 Å². The van der Waals surface area contributed by atoms with Crippen molar-refractivity contribution in [3.8, 4) is 0 Å². The summed E-state index contributed by atoms with van der Waals surface area (Å²) in [5, 5.41) is 0. The number of rotatable bonds is 52. The third-order valence-corrected chi connectivity index (χ3v) is 13.0. The molecule has 0 aromatic rings. The highest BCUT2D eigenvalue weighted by molar-refractivity contribution is 7.47. The Bertz CT molecular complexity index is 1220. The van der Waals surface area contributed by atoms with E-state index in [4.69, 9.17) is 24.3 Å². The van der Waals surface area contributed by atoms with Crippen molar-refractivity contribution in [3.63, 3.8) is 0 Å². The molecule has 2 atom stereocenters. The molecule has 66 heavy (non-hydrogen) atoms. The minimum atomic E-state index is -4.40. The molecule has 0 aromatic heterocycles. The summed E-state index contributed by atoms with van der Waals surface area (Å²) < 4.78 is 32.8. The molecule has 10 heteroatoms. The van der Waals surface area contributed by atoms with Crippen molar-refractivity contribution in [2.75, 3.05) is 26.4 Å². The van der Waals surface area contributed by atoms with E-state index in [-0.39, 0.29) is 32.6 Å². The summed E-state index contributed by atoms with van der Waals surface area (Å²) in [6, 6.07) is 0. The maximum Gasteiger partial charge on any atom is 0.472 e. The van der Waals surface area contributed by atoms with Gasteiger partial charge in [0.2, 0.25) is 0 Å². The normalized spacial score (nSPS) is 13.5. The Kier molecular flexibility index (Phi) is 50.7. The van der Waals surface area contributed by atoms with Crippen LogP contribution in [0.25, 0.3) is 0 Å². The summed E-state index contributed by atoms with van der Waals surface area (Å²) in [7, 11) is -4.40. The highest BCUT2D eigenvalue weighted by Gasteiger charge is 2.26. The molecule has 0 saturated carbocycles. The fourth-order valence-electron chi connectivity index (χ4n) is 7.95. The quantitative estimate of drug-likeness (QED) is 0.0264. The minimum absolute atomic E-state index is 0.0426. The van der Waals surface area contributed by atoms with Crippen LogP contribution in [0, 0.1) is 0 Å². The van der Waals surface area contributed by atoms with E-state index >= 15 is 0 Å². The fourth-order valence-corrected chi connectivity index (χ4v) is 8.71. The second-order valence-corrected chi connectivity index (χ2v) is 19.9. The molecule has 386 valence electrons. The Morgan fingerprint density at radius 2 is 0.833 bits per heavy atom. The number of nitrogens with two attached hydrogens (primary N) is 1. The van der Waals surface area contributed by atoms with Gasteiger partial charge in [-0.05, 0) is 38.5 Å². The zero-order valence-corrected chi connectivity index (χ0v) is 43.8. The molecule has 0 saturated heterocycles. The molecule has 0 aliphatic carbocycles. The van der Waals surface area contributed by atoms with Crippen LogP contribution < -0.4 is 5.73 Å². The van der Waals surface area contributed by atoms with E-state index in [1.165, 1.54) is 186 Å². The average Bonchev–Trinajstić information content (AvgIpc) is 3.31. The Morgan fingerprint density at radius 3 is 1.21 bits per heavy atom. The second kappa shape index (κ2) is 52.3. The van der Waals surface area contributed by atoms with Crippen LogP contribution >= 0.6 is 7.82 Å². The van der Waals surface area contributed by atoms with Crippen molar-refractivity contribution in [1.29, 1.82) is 0 Å². The number of carbonyl (C=O) groups excluding carboxylic acids is 2. The first-order chi connectivity index (χ1) is 32.3. The Balaban J connectivity index is 3.84. The molecule has 0 amide bonds. The number of hydrogen-bond donors (Lipinski definition) is 2. The van der Waals surface area contributed by atoms with Crippen molar-refractivity contribution < 1.29 is 37.6 Å². The molecule has 9 nitrogen and oxygen atoms in total. The zero-order chi connectivity index (χ0) is 48.1. The lowest BCUT2D eigenvalue weighted by Crippen LogP contribution is -2.29. The lowest BCUT2D eigenvalue weighted by Gasteiger charge is -2.19. The molecule has 0 heterocycles. The van der Waals surface area contributed by atoms with Gasteiger partial charge in [0.25, 0.3) is 0 Å². The molecule has 0 radical (unpaired) electrons. The minimum Gasteiger partial charge on any atom is -0.462 e. The van der Waals surface area contributed by atoms with E-state index in [2.05, 4.69) is 50.3 Å². The number of ether oxygens (including phenoxy) is 2. The molecule has 0 bridgehead atoms. The lowest BCUT2D eigenvalue weighted by molar-refractivity contribution is -0.161. The lowest BCUT2D eigenvalue weighted by atomic mass is 10.0. The molecular weight excluding hydrogens is 846 g/mol. The molecular formula is C56H104NO8P. The van der Waals surface area contributed by atoms with E-state index < -0.39 is 32.5 Å². The van der Waals surface area contributed by atoms with E-state index in [1.807, 2.05) is 12.2 Å². The van der Waals surface area contributed by atoms with Crippen molar-refractivity contribution in [2.45, 2.75) is 270 Å². The summed E-state index contributed by atoms with van der Waals surface area (Å²) in [4.78, 5) is 34.9. The number of allylic oxidation sites excluding steroid dienone is 8. The van der Waals surface area contributed by atoms with E-state index in [9.17, 15) is 19.0 Å². The van der Waals surface area contributed by atoms with Crippen LogP contribution in [-0.2, 0) is 32.7 Å². The number of unbranched alkanes of at least 4 members (excludes halogenated alkanes) is 31. The van der Waals surface area contributed by atoms with Gasteiger partial charge in [-0.1, -0.05) is 262 Å². The van der Waals surface area contributed by atoms with E-state index in [1.54, 1.807) is 0 Å². The average molecular weight is 950 g/mol. The Hall–Kier alpha value is -2.03. The summed E-state index contributed by atoms with van der Waals surface area (Å²) in [5.74, 6) is -0.915. The monoisotopic (exact) mass is 950 g/mol. The van der Waals surface area contributed by atoms with Gasteiger partial charge in [-0.2, -0.15) is 0 Å². The van der Waals surface area contributed by atoms with Gasteiger partial charge in [-0.15, -0.1) is 0 Å². The van der Waals surface area contributed by atoms with Gasteiger partial charge in [0, 0.05) is 19.4 Å².